The number of ether oxygens (including phenoxy) is 1. The van der Waals surface area contributed by atoms with E-state index in [1.54, 1.807) is 0 Å². The van der Waals surface area contributed by atoms with Crippen LogP contribution in [-0.4, -0.2) is 61.7 Å². The Balaban J connectivity index is 2.20. The van der Waals surface area contributed by atoms with E-state index in [1.165, 1.54) is 0 Å². The quantitative estimate of drug-likeness (QED) is 0.266. The molecule has 0 heterocycles. The van der Waals surface area contributed by atoms with E-state index in [4.69, 9.17) is 4.74 Å². The van der Waals surface area contributed by atoms with Gasteiger partial charge in [0.15, 0.2) is 15.9 Å². The van der Waals surface area contributed by atoms with Crippen molar-refractivity contribution in [1.82, 2.24) is 10.6 Å². The normalized spacial score (nSPS) is 13.9. The number of hydrogen-bond donors (Lipinski definition) is 3. The lowest BCUT2D eigenvalue weighted by Gasteiger charge is -2.27. The van der Waals surface area contributed by atoms with Gasteiger partial charge in [0.05, 0.1) is 23.7 Å². The first-order valence-electron chi connectivity index (χ1n) is 13.0. The summed E-state index contributed by atoms with van der Waals surface area (Å²) in [5, 5.41) is 16.6. The monoisotopic (exact) mass is 568 g/mol. The zero-order chi connectivity index (χ0) is 29.0. The molecule has 11 heteroatoms. The topological polar surface area (TPSA) is 122 Å². The van der Waals surface area contributed by atoms with Crippen molar-refractivity contribution in [3.05, 3.63) is 70.8 Å². The molecule has 0 aliphatic heterocycles. The molecule has 0 aliphatic rings. The molecule has 2 rings (SSSR count). The van der Waals surface area contributed by atoms with Crippen molar-refractivity contribution >= 4 is 21.7 Å². The predicted octanol–water partition coefficient (Wildman–Crippen LogP) is 2.85. The van der Waals surface area contributed by atoms with Gasteiger partial charge in [-0.25, -0.2) is 17.2 Å². The third kappa shape index (κ3) is 11.8. The van der Waals surface area contributed by atoms with E-state index in [1.807, 2.05) is 38.1 Å². The van der Waals surface area contributed by atoms with E-state index in [0.29, 0.717) is 25.5 Å². The van der Waals surface area contributed by atoms with E-state index < -0.39 is 57.4 Å². The summed E-state index contributed by atoms with van der Waals surface area (Å²) >= 11 is 0. The molecule has 3 N–H and O–H groups in total. The van der Waals surface area contributed by atoms with Gasteiger partial charge in [-0.1, -0.05) is 44.5 Å². The van der Waals surface area contributed by atoms with Crippen LogP contribution in [0.4, 0.5) is 8.78 Å². The van der Waals surface area contributed by atoms with Crippen LogP contribution < -0.4 is 10.6 Å². The molecular formula is C28H38F2N2O6S. The summed E-state index contributed by atoms with van der Waals surface area (Å²) in [5.41, 5.74) is 2.31. The number of aliphatic hydroxyl groups excluding tert-OH is 1. The standard InChI is InChI=1S/C28H38F2N2O6S/c1-4-6-10-39(36,37)18-27(38-19(3)33)28(35)32-25(14-22-12-23(29)15-24(30)13-22)26(34)17-31-16-21-9-7-8-20(5-2)11-21/h7-9,11-13,15,25-27,31,34H,4-6,10,14,16-18H2,1-3H3,(H,32,35)/t25-,26+,27?/m0/s1. The maximum absolute atomic E-state index is 13.8. The molecule has 3 atom stereocenters. The van der Waals surface area contributed by atoms with Crippen LogP contribution in [0.5, 0.6) is 0 Å². The molecular weight excluding hydrogens is 530 g/mol. The van der Waals surface area contributed by atoms with Crippen LogP contribution in [0.1, 0.15) is 50.3 Å². The molecule has 8 nitrogen and oxygen atoms in total. The van der Waals surface area contributed by atoms with Crippen LogP contribution in [-0.2, 0) is 43.5 Å². The Labute approximate surface area is 229 Å². The Morgan fingerprint density at radius 3 is 2.31 bits per heavy atom. The lowest BCUT2D eigenvalue weighted by atomic mass is 10.00. The molecule has 0 saturated heterocycles. The lowest BCUT2D eigenvalue weighted by molar-refractivity contribution is -0.153. The van der Waals surface area contributed by atoms with Crippen molar-refractivity contribution in [1.29, 1.82) is 0 Å². The first-order chi connectivity index (χ1) is 18.4. The van der Waals surface area contributed by atoms with E-state index in [2.05, 4.69) is 10.6 Å². The highest BCUT2D eigenvalue weighted by Gasteiger charge is 2.31. The Kier molecular flexibility index (Phi) is 13.0. The second kappa shape index (κ2) is 15.6. The summed E-state index contributed by atoms with van der Waals surface area (Å²) in [6, 6.07) is 9.67. The second-order valence-electron chi connectivity index (χ2n) is 9.53. The number of halogens is 2. The third-order valence-corrected chi connectivity index (χ3v) is 7.79. The first-order valence-corrected chi connectivity index (χ1v) is 14.8. The summed E-state index contributed by atoms with van der Waals surface area (Å²) < 4.78 is 57.6. The largest absolute Gasteiger partial charge is 0.451 e. The number of amides is 1. The predicted molar refractivity (Wildman–Crippen MR) is 145 cm³/mol. The van der Waals surface area contributed by atoms with Gasteiger partial charge in [0.25, 0.3) is 5.91 Å². The van der Waals surface area contributed by atoms with Gasteiger partial charge in [-0.15, -0.1) is 0 Å². The Morgan fingerprint density at radius 1 is 1.03 bits per heavy atom. The fourth-order valence-electron chi connectivity index (χ4n) is 4.05. The molecule has 39 heavy (non-hydrogen) atoms. The number of rotatable bonds is 16. The molecule has 0 aliphatic carbocycles. The molecule has 0 spiro atoms. The van der Waals surface area contributed by atoms with E-state index in [-0.39, 0.29) is 24.3 Å². The average molecular weight is 569 g/mol. The van der Waals surface area contributed by atoms with Crippen molar-refractivity contribution in [2.45, 2.75) is 71.2 Å². The average Bonchev–Trinajstić information content (AvgIpc) is 2.85. The molecule has 0 fully saturated rings. The summed E-state index contributed by atoms with van der Waals surface area (Å²) in [5.74, 6) is -4.31. The SMILES string of the molecule is CCCCS(=O)(=O)CC(OC(C)=O)C(=O)N[C@@H](Cc1cc(F)cc(F)c1)[C@H](O)CNCc1cccc(CC)c1. The van der Waals surface area contributed by atoms with Gasteiger partial charge >= 0.3 is 5.97 Å². The van der Waals surface area contributed by atoms with Crippen LogP contribution in [0.25, 0.3) is 0 Å². The molecule has 1 amide bonds. The van der Waals surface area contributed by atoms with Crippen LogP contribution in [0.3, 0.4) is 0 Å². The van der Waals surface area contributed by atoms with Gasteiger partial charge in [-0.3, -0.25) is 9.59 Å². The van der Waals surface area contributed by atoms with Gasteiger partial charge in [-0.2, -0.15) is 0 Å². The van der Waals surface area contributed by atoms with Gasteiger partial charge in [0, 0.05) is 26.1 Å². The molecule has 2 aromatic rings. The van der Waals surface area contributed by atoms with Crippen molar-refractivity contribution in [3.8, 4) is 0 Å². The molecule has 1 unspecified atom stereocenters. The Morgan fingerprint density at radius 2 is 1.69 bits per heavy atom. The lowest BCUT2D eigenvalue weighted by Crippen LogP contribution is -2.53. The Hall–Kier alpha value is -2.89. The third-order valence-electron chi connectivity index (χ3n) is 6.07. The number of unbranched alkanes of at least 4 members (excludes halogenated alkanes) is 1. The van der Waals surface area contributed by atoms with Gasteiger partial charge < -0.3 is 20.5 Å². The molecule has 0 bridgehead atoms. The van der Waals surface area contributed by atoms with Crippen LogP contribution in [0.15, 0.2) is 42.5 Å². The zero-order valence-corrected chi connectivity index (χ0v) is 23.4. The minimum absolute atomic E-state index is 0.00608. The van der Waals surface area contributed by atoms with Crippen LogP contribution in [0.2, 0.25) is 0 Å². The fourth-order valence-corrected chi connectivity index (χ4v) is 5.63. The molecule has 0 aromatic heterocycles. The summed E-state index contributed by atoms with van der Waals surface area (Å²) in [7, 11) is -3.72. The van der Waals surface area contributed by atoms with E-state index in [0.717, 1.165) is 36.6 Å². The van der Waals surface area contributed by atoms with Crippen molar-refractivity contribution < 1.29 is 36.6 Å². The number of nitrogens with one attached hydrogen (secondary N) is 2. The fraction of sp³-hybridized carbons (Fsp3) is 0.500. The number of carbonyl (C=O) groups excluding carboxylic acids is 2. The molecule has 2 aromatic carbocycles. The van der Waals surface area contributed by atoms with Crippen molar-refractivity contribution in [3.63, 3.8) is 0 Å². The first kappa shape index (κ1) is 32.3. The Bertz CT molecular complexity index is 1190. The summed E-state index contributed by atoms with van der Waals surface area (Å²) in [6.07, 6.45) is -1.16. The smallest absolute Gasteiger partial charge is 0.303 e. The van der Waals surface area contributed by atoms with Gasteiger partial charge in [-0.05, 0) is 48.1 Å². The highest BCUT2D eigenvalue weighted by Crippen LogP contribution is 2.13. The summed E-state index contributed by atoms with van der Waals surface area (Å²) in [4.78, 5) is 24.7. The van der Waals surface area contributed by atoms with Gasteiger partial charge in [0.1, 0.15) is 11.6 Å². The number of benzene rings is 2. The highest BCUT2D eigenvalue weighted by molar-refractivity contribution is 7.91. The zero-order valence-electron chi connectivity index (χ0n) is 22.6. The number of sulfone groups is 1. The summed E-state index contributed by atoms with van der Waals surface area (Å²) in [6.45, 7) is 5.34. The number of hydrogen-bond acceptors (Lipinski definition) is 7. The molecule has 0 radical (unpaired) electrons. The highest BCUT2D eigenvalue weighted by atomic mass is 32.2. The second-order valence-corrected chi connectivity index (χ2v) is 11.8. The van der Waals surface area contributed by atoms with Gasteiger partial charge in [0.2, 0.25) is 0 Å². The van der Waals surface area contributed by atoms with E-state index >= 15 is 0 Å². The molecule has 0 saturated carbocycles. The maximum atomic E-state index is 13.8. The van der Waals surface area contributed by atoms with Crippen molar-refractivity contribution in [2.75, 3.05) is 18.1 Å². The van der Waals surface area contributed by atoms with Crippen LogP contribution >= 0.6 is 0 Å². The number of aryl methyl sites for hydroxylation is 1. The molecule has 216 valence electrons. The van der Waals surface area contributed by atoms with Crippen molar-refractivity contribution in [2.24, 2.45) is 0 Å². The maximum Gasteiger partial charge on any atom is 0.303 e. The minimum Gasteiger partial charge on any atom is -0.451 e. The number of esters is 1. The number of aliphatic hydroxyl groups is 1. The number of carbonyl (C=O) groups is 2. The van der Waals surface area contributed by atoms with Crippen LogP contribution in [0, 0.1) is 11.6 Å². The minimum atomic E-state index is -3.72. The van der Waals surface area contributed by atoms with E-state index in [9.17, 15) is 31.9 Å².